The molecule has 0 bridgehead atoms. The third-order valence-corrected chi connectivity index (χ3v) is 5.08. The van der Waals surface area contributed by atoms with Gasteiger partial charge in [-0.25, -0.2) is 0 Å². The van der Waals surface area contributed by atoms with E-state index in [0.717, 1.165) is 12.3 Å². The molecule has 2 rings (SSSR count). The van der Waals surface area contributed by atoms with Crippen LogP contribution in [0.5, 0.6) is 0 Å². The molecule has 18 heavy (non-hydrogen) atoms. The van der Waals surface area contributed by atoms with E-state index in [0.29, 0.717) is 11.3 Å². The van der Waals surface area contributed by atoms with Gasteiger partial charge in [-0.3, -0.25) is 11.3 Å². The van der Waals surface area contributed by atoms with E-state index in [1.54, 1.807) is 0 Å². The van der Waals surface area contributed by atoms with E-state index in [1.807, 2.05) is 11.8 Å². The molecule has 2 nitrogen and oxygen atoms in total. The Morgan fingerprint density at radius 1 is 1.33 bits per heavy atom. The minimum absolute atomic E-state index is 0.432. The van der Waals surface area contributed by atoms with Crippen LogP contribution in [0.15, 0.2) is 29.2 Å². The second-order valence-electron chi connectivity index (χ2n) is 5.57. The highest BCUT2D eigenvalue weighted by Crippen LogP contribution is 2.39. The number of benzene rings is 1. The molecule has 2 unspecified atom stereocenters. The van der Waals surface area contributed by atoms with Gasteiger partial charge in [0, 0.05) is 16.2 Å². The molecule has 0 saturated carbocycles. The maximum atomic E-state index is 5.74. The summed E-state index contributed by atoms with van der Waals surface area (Å²) < 4.78 is 0. The van der Waals surface area contributed by atoms with Crippen LogP contribution in [0.25, 0.3) is 0 Å². The molecule has 1 aromatic carbocycles. The van der Waals surface area contributed by atoms with Crippen molar-refractivity contribution in [3.05, 3.63) is 29.8 Å². The fourth-order valence-corrected chi connectivity index (χ4v) is 3.98. The summed E-state index contributed by atoms with van der Waals surface area (Å²) in [5.41, 5.74) is 4.51. The van der Waals surface area contributed by atoms with E-state index in [-0.39, 0.29) is 0 Å². The van der Waals surface area contributed by atoms with Crippen LogP contribution in [-0.2, 0) is 6.42 Å². The molecule has 0 fully saturated rings. The first-order valence-corrected chi connectivity index (χ1v) is 7.79. The highest BCUT2D eigenvalue weighted by molar-refractivity contribution is 8.00. The Bertz CT molecular complexity index is 354. The topological polar surface area (TPSA) is 38.0 Å². The van der Waals surface area contributed by atoms with Crippen LogP contribution in [0.3, 0.4) is 0 Å². The van der Waals surface area contributed by atoms with Crippen molar-refractivity contribution in [1.29, 1.82) is 0 Å². The first kappa shape index (κ1) is 13.9. The smallest absolute Gasteiger partial charge is 0.0336 e. The molecule has 0 amide bonds. The Labute approximate surface area is 115 Å². The lowest BCUT2D eigenvalue weighted by atomic mass is 9.98. The van der Waals surface area contributed by atoms with E-state index in [4.69, 9.17) is 5.84 Å². The van der Waals surface area contributed by atoms with Crippen LogP contribution in [0.2, 0.25) is 0 Å². The van der Waals surface area contributed by atoms with Crippen molar-refractivity contribution in [3.8, 4) is 0 Å². The molecular weight excluding hydrogens is 240 g/mol. The van der Waals surface area contributed by atoms with Gasteiger partial charge in [-0.1, -0.05) is 44.9 Å². The molecule has 0 spiro atoms. The maximum absolute atomic E-state index is 5.74. The molecule has 0 aliphatic carbocycles. The molecule has 1 aliphatic rings. The molecule has 0 aromatic heterocycles. The average molecular weight is 264 g/mol. The monoisotopic (exact) mass is 264 g/mol. The first-order chi connectivity index (χ1) is 8.70. The largest absolute Gasteiger partial charge is 0.271 e. The van der Waals surface area contributed by atoms with Crippen molar-refractivity contribution in [2.75, 3.05) is 0 Å². The van der Waals surface area contributed by atoms with Gasteiger partial charge in [0.05, 0.1) is 0 Å². The van der Waals surface area contributed by atoms with Crippen LogP contribution in [0.4, 0.5) is 0 Å². The number of thioether (sulfide) groups is 1. The lowest BCUT2D eigenvalue weighted by Gasteiger charge is -2.22. The molecule has 0 saturated heterocycles. The summed E-state index contributed by atoms with van der Waals surface area (Å²) in [6.07, 6.45) is 4.89. The van der Waals surface area contributed by atoms with Crippen LogP contribution in [-0.4, -0.2) is 11.3 Å². The number of nitrogens with one attached hydrogen (secondary N) is 1. The molecule has 1 aliphatic heterocycles. The van der Waals surface area contributed by atoms with Gasteiger partial charge in [0.25, 0.3) is 0 Å². The predicted octanol–water partition coefficient (Wildman–Crippen LogP) is 3.36. The number of fused-ring (bicyclic) bond motifs is 1. The Hall–Kier alpha value is -0.510. The Kier molecular flexibility index (Phi) is 5.10. The van der Waals surface area contributed by atoms with Gasteiger partial charge in [0.2, 0.25) is 0 Å². The van der Waals surface area contributed by atoms with Gasteiger partial charge in [-0.15, -0.1) is 11.8 Å². The second-order valence-corrected chi connectivity index (χ2v) is 6.85. The van der Waals surface area contributed by atoms with Gasteiger partial charge in [-0.05, 0) is 30.4 Å². The quantitative estimate of drug-likeness (QED) is 0.611. The second kappa shape index (κ2) is 6.60. The van der Waals surface area contributed by atoms with Gasteiger partial charge in [0.1, 0.15) is 0 Å². The molecule has 0 radical (unpaired) electrons. The third kappa shape index (κ3) is 3.50. The van der Waals surface area contributed by atoms with Crippen LogP contribution in [0.1, 0.15) is 38.7 Å². The lowest BCUT2D eigenvalue weighted by Crippen LogP contribution is -2.42. The van der Waals surface area contributed by atoms with E-state index < -0.39 is 0 Å². The van der Waals surface area contributed by atoms with E-state index in [1.165, 1.54) is 29.7 Å². The third-order valence-electron chi connectivity index (χ3n) is 3.63. The standard InChI is InChI=1S/C15H24N2S/c1-11(2)6-5-8-13(17-16)15-10-12-7-3-4-9-14(12)18-15/h3-4,7,9,11,13,15,17H,5-6,8,10,16H2,1-2H3. The van der Waals surface area contributed by atoms with Gasteiger partial charge in [0.15, 0.2) is 0 Å². The van der Waals surface area contributed by atoms with Crippen LogP contribution in [0, 0.1) is 5.92 Å². The fraction of sp³-hybridized carbons (Fsp3) is 0.600. The van der Waals surface area contributed by atoms with Crippen LogP contribution >= 0.6 is 11.8 Å². The predicted molar refractivity (Wildman–Crippen MR) is 79.6 cm³/mol. The fourth-order valence-electron chi connectivity index (χ4n) is 2.56. The zero-order valence-electron chi connectivity index (χ0n) is 11.4. The summed E-state index contributed by atoms with van der Waals surface area (Å²) in [6.45, 7) is 4.57. The lowest BCUT2D eigenvalue weighted by molar-refractivity contribution is 0.433. The molecule has 1 aromatic rings. The Morgan fingerprint density at radius 3 is 2.78 bits per heavy atom. The van der Waals surface area contributed by atoms with Crippen molar-refractivity contribution >= 4 is 11.8 Å². The highest BCUT2D eigenvalue weighted by Gasteiger charge is 2.28. The SMILES string of the molecule is CC(C)CCCC(NN)C1Cc2ccccc2S1. The zero-order valence-corrected chi connectivity index (χ0v) is 12.2. The van der Waals surface area contributed by atoms with E-state index in [2.05, 4.69) is 43.5 Å². The van der Waals surface area contributed by atoms with Crippen molar-refractivity contribution in [3.63, 3.8) is 0 Å². The number of nitrogens with two attached hydrogens (primary N) is 1. The normalized spacial score (nSPS) is 20.1. The summed E-state index contributed by atoms with van der Waals surface area (Å²) in [5, 5.41) is 0.597. The van der Waals surface area contributed by atoms with Crippen molar-refractivity contribution in [1.82, 2.24) is 5.43 Å². The van der Waals surface area contributed by atoms with Crippen molar-refractivity contribution in [2.45, 2.75) is 55.7 Å². The summed E-state index contributed by atoms with van der Waals surface area (Å²) in [6, 6.07) is 9.15. The highest BCUT2D eigenvalue weighted by atomic mass is 32.2. The first-order valence-electron chi connectivity index (χ1n) is 6.91. The van der Waals surface area contributed by atoms with Crippen molar-refractivity contribution in [2.24, 2.45) is 11.8 Å². The van der Waals surface area contributed by atoms with Gasteiger partial charge < -0.3 is 0 Å². The van der Waals surface area contributed by atoms with E-state index in [9.17, 15) is 0 Å². The minimum atomic E-state index is 0.432. The molecule has 1 heterocycles. The van der Waals surface area contributed by atoms with Gasteiger partial charge in [-0.2, -0.15) is 0 Å². The Balaban J connectivity index is 1.87. The minimum Gasteiger partial charge on any atom is -0.271 e. The number of hydrogen-bond donors (Lipinski definition) is 2. The number of rotatable bonds is 6. The molecule has 100 valence electrons. The van der Waals surface area contributed by atoms with Crippen molar-refractivity contribution < 1.29 is 0 Å². The average Bonchev–Trinajstić information content (AvgIpc) is 2.77. The molecule has 3 heteroatoms. The summed E-state index contributed by atoms with van der Waals surface area (Å²) >= 11 is 1.99. The number of hydrazine groups is 1. The van der Waals surface area contributed by atoms with E-state index >= 15 is 0 Å². The molecule has 3 N–H and O–H groups in total. The molecule has 2 atom stereocenters. The maximum Gasteiger partial charge on any atom is 0.0336 e. The summed E-state index contributed by atoms with van der Waals surface area (Å²) in [5.74, 6) is 6.53. The zero-order chi connectivity index (χ0) is 13.0. The summed E-state index contributed by atoms with van der Waals surface area (Å²) in [4.78, 5) is 1.44. The number of hydrogen-bond acceptors (Lipinski definition) is 3. The molecular formula is C15H24N2S. The Morgan fingerprint density at radius 2 is 2.11 bits per heavy atom. The van der Waals surface area contributed by atoms with Crippen LogP contribution < -0.4 is 11.3 Å². The summed E-state index contributed by atoms with van der Waals surface area (Å²) in [7, 11) is 0. The van der Waals surface area contributed by atoms with Gasteiger partial charge >= 0.3 is 0 Å².